The second-order valence-electron chi connectivity index (χ2n) is 6.15. The highest BCUT2D eigenvalue weighted by Gasteiger charge is 2.26. The first-order valence-corrected chi connectivity index (χ1v) is 8.14. The van der Waals surface area contributed by atoms with Gasteiger partial charge in [-0.2, -0.15) is 0 Å². The van der Waals surface area contributed by atoms with Crippen molar-refractivity contribution in [2.45, 2.75) is 19.9 Å². The molecule has 0 radical (unpaired) electrons. The summed E-state index contributed by atoms with van der Waals surface area (Å²) in [4.78, 5) is 33.2. The van der Waals surface area contributed by atoms with E-state index in [-0.39, 0.29) is 11.5 Å². The Kier molecular flexibility index (Phi) is 3.72. The van der Waals surface area contributed by atoms with E-state index < -0.39 is 0 Å². The van der Waals surface area contributed by atoms with Crippen LogP contribution in [0.15, 0.2) is 51.7 Å². The van der Waals surface area contributed by atoms with Gasteiger partial charge in [0.25, 0.3) is 5.91 Å². The van der Waals surface area contributed by atoms with Crippen molar-refractivity contribution in [2.24, 2.45) is 0 Å². The lowest BCUT2D eigenvalue weighted by atomic mass is 10.1. The second-order valence-corrected chi connectivity index (χ2v) is 6.15. The molecule has 0 saturated heterocycles. The number of hydrogen-bond acceptors (Lipinski definition) is 4. The second kappa shape index (κ2) is 6.05. The fraction of sp³-hybridized carbons (Fsp3) is 0.211. The molecule has 0 saturated carbocycles. The normalized spacial score (nSPS) is 13.6. The van der Waals surface area contributed by atoms with Gasteiger partial charge in [-0.05, 0) is 25.1 Å². The summed E-state index contributed by atoms with van der Waals surface area (Å²) in [5.41, 5.74) is 2.49. The minimum absolute atomic E-state index is 0.163. The molecule has 1 aliphatic rings. The summed E-state index contributed by atoms with van der Waals surface area (Å²) in [6.45, 7) is 2.69. The third-order valence-electron chi connectivity index (χ3n) is 4.26. The van der Waals surface area contributed by atoms with Gasteiger partial charge in [-0.15, -0.1) is 0 Å². The number of nitrogens with zero attached hydrogens (tertiary/aromatic N) is 2. The van der Waals surface area contributed by atoms with E-state index in [1.54, 1.807) is 17.9 Å². The fourth-order valence-corrected chi connectivity index (χ4v) is 3.06. The minimum Gasteiger partial charge on any atom is -0.441 e. The number of pyridine rings is 1. The van der Waals surface area contributed by atoms with Crippen molar-refractivity contribution in [3.63, 3.8) is 0 Å². The first kappa shape index (κ1) is 15.4. The number of oxazole rings is 1. The monoisotopic (exact) mass is 335 g/mol. The molecular weight excluding hydrogens is 318 g/mol. The van der Waals surface area contributed by atoms with Gasteiger partial charge in [0.1, 0.15) is 11.5 Å². The maximum atomic E-state index is 12.7. The zero-order valence-electron chi connectivity index (χ0n) is 13.8. The van der Waals surface area contributed by atoms with E-state index in [4.69, 9.17) is 4.42 Å². The molecule has 0 unspecified atom stereocenters. The van der Waals surface area contributed by atoms with Crippen molar-refractivity contribution in [3.8, 4) is 11.5 Å². The number of hydrogen-bond donors (Lipinski definition) is 1. The molecule has 0 spiro atoms. The van der Waals surface area contributed by atoms with Gasteiger partial charge in [-0.1, -0.05) is 18.2 Å². The molecule has 0 aliphatic carbocycles. The smallest absolute Gasteiger partial charge is 0.254 e. The Labute approximate surface area is 144 Å². The Morgan fingerprint density at radius 1 is 1.24 bits per heavy atom. The van der Waals surface area contributed by atoms with Crippen LogP contribution in [0.4, 0.5) is 0 Å². The standard InChI is InChI=1S/C19H17N3O3/c1-12-9-14(10-17(23)20-12)19(24)22-8-7-16-15(11-22)21-18(25-16)13-5-3-2-4-6-13/h2-6,9-10H,7-8,11H2,1H3,(H,20,23). The molecular formula is C19H17N3O3. The van der Waals surface area contributed by atoms with Crippen LogP contribution in [0.3, 0.4) is 0 Å². The quantitative estimate of drug-likeness (QED) is 0.780. The minimum atomic E-state index is -0.270. The van der Waals surface area contributed by atoms with Gasteiger partial charge in [0.05, 0.1) is 6.54 Å². The largest absolute Gasteiger partial charge is 0.441 e. The van der Waals surface area contributed by atoms with Crippen LogP contribution in [0.1, 0.15) is 27.5 Å². The number of nitrogens with one attached hydrogen (secondary N) is 1. The molecule has 6 nitrogen and oxygen atoms in total. The summed E-state index contributed by atoms with van der Waals surface area (Å²) in [5, 5.41) is 0. The summed E-state index contributed by atoms with van der Waals surface area (Å²) in [6, 6.07) is 12.7. The molecule has 6 heteroatoms. The Morgan fingerprint density at radius 3 is 2.80 bits per heavy atom. The number of aromatic nitrogens is 2. The molecule has 1 aliphatic heterocycles. The Hall–Kier alpha value is -3.15. The van der Waals surface area contributed by atoms with Gasteiger partial charge < -0.3 is 14.3 Å². The van der Waals surface area contributed by atoms with Crippen molar-refractivity contribution in [2.75, 3.05) is 6.54 Å². The molecule has 25 heavy (non-hydrogen) atoms. The molecule has 4 rings (SSSR count). The maximum Gasteiger partial charge on any atom is 0.254 e. The average Bonchev–Trinajstić information content (AvgIpc) is 3.04. The highest BCUT2D eigenvalue weighted by molar-refractivity contribution is 5.94. The number of carbonyl (C=O) groups excluding carboxylic acids is 1. The maximum absolute atomic E-state index is 12.7. The molecule has 1 N–H and O–H groups in total. The summed E-state index contributed by atoms with van der Waals surface area (Å²) in [6.07, 6.45) is 0.614. The number of rotatable bonds is 2. The Morgan fingerprint density at radius 2 is 2.04 bits per heavy atom. The lowest BCUT2D eigenvalue weighted by Gasteiger charge is -2.25. The lowest BCUT2D eigenvalue weighted by molar-refractivity contribution is 0.0727. The van der Waals surface area contributed by atoms with Crippen LogP contribution >= 0.6 is 0 Å². The summed E-state index contributed by atoms with van der Waals surface area (Å²) in [5.74, 6) is 1.24. The Balaban J connectivity index is 1.59. The lowest BCUT2D eigenvalue weighted by Crippen LogP contribution is -2.36. The SMILES string of the molecule is Cc1cc(C(=O)N2CCc3oc(-c4ccccc4)nc3C2)cc(=O)[nH]1. The number of fused-ring (bicyclic) bond motifs is 1. The van der Waals surface area contributed by atoms with Gasteiger partial charge in [0.15, 0.2) is 0 Å². The number of carbonyl (C=O) groups is 1. The van der Waals surface area contributed by atoms with Crippen LogP contribution in [0.5, 0.6) is 0 Å². The van der Waals surface area contributed by atoms with Crippen molar-refractivity contribution in [1.82, 2.24) is 14.9 Å². The first-order valence-electron chi connectivity index (χ1n) is 8.14. The third kappa shape index (κ3) is 2.98. The number of amides is 1. The van der Waals surface area contributed by atoms with E-state index in [2.05, 4.69) is 9.97 Å². The number of H-pyrrole nitrogens is 1. The molecule has 126 valence electrons. The first-order chi connectivity index (χ1) is 12.1. The highest BCUT2D eigenvalue weighted by Crippen LogP contribution is 2.26. The van der Waals surface area contributed by atoms with Gasteiger partial charge in [0, 0.05) is 35.9 Å². The zero-order valence-corrected chi connectivity index (χ0v) is 13.8. The van der Waals surface area contributed by atoms with Crippen LogP contribution in [0, 0.1) is 6.92 Å². The van der Waals surface area contributed by atoms with E-state index in [0.717, 1.165) is 17.0 Å². The number of benzene rings is 1. The average molecular weight is 335 g/mol. The Bertz CT molecular complexity index is 989. The van der Waals surface area contributed by atoms with Gasteiger partial charge >= 0.3 is 0 Å². The number of aryl methyl sites for hydroxylation is 1. The molecule has 0 bridgehead atoms. The molecule has 1 aromatic carbocycles. The molecule has 0 fully saturated rings. The van der Waals surface area contributed by atoms with Crippen LogP contribution in [-0.2, 0) is 13.0 Å². The number of aromatic amines is 1. The van der Waals surface area contributed by atoms with Gasteiger partial charge in [-0.25, -0.2) is 4.98 Å². The van der Waals surface area contributed by atoms with E-state index in [9.17, 15) is 9.59 Å². The van der Waals surface area contributed by atoms with E-state index in [1.807, 2.05) is 30.3 Å². The summed E-state index contributed by atoms with van der Waals surface area (Å²) < 4.78 is 5.86. The van der Waals surface area contributed by atoms with Crippen LogP contribution in [0.2, 0.25) is 0 Å². The van der Waals surface area contributed by atoms with E-state index in [0.29, 0.717) is 36.7 Å². The molecule has 3 heterocycles. The predicted molar refractivity (Wildman–Crippen MR) is 92.2 cm³/mol. The highest BCUT2D eigenvalue weighted by atomic mass is 16.4. The predicted octanol–water partition coefficient (Wildman–Crippen LogP) is 2.54. The van der Waals surface area contributed by atoms with E-state index >= 15 is 0 Å². The molecule has 2 aromatic heterocycles. The topological polar surface area (TPSA) is 79.2 Å². The fourth-order valence-electron chi connectivity index (χ4n) is 3.06. The summed E-state index contributed by atoms with van der Waals surface area (Å²) >= 11 is 0. The third-order valence-corrected chi connectivity index (χ3v) is 4.26. The molecule has 1 amide bonds. The van der Waals surface area contributed by atoms with E-state index in [1.165, 1.54) is 6.07 Å². The summed E-state index contributed by atoms with van der Waals surface area (Å²) in [7, 11) is 0. The van der Waals surface area contributed by atoms with Crippen molar-refractivity contribution in [1.29, 1.82) is 0 Å². The van der Waals surface area contributed by atoms with Crippen molar-refractivity contribution in [3.05, 3.63) is 75.5 Å². The molecule has 3 aromatic rings. The van der Waals surface area contributed by atoms with Crippen molar-refractivity contribution >= 4 is 5.91 Å². The zero-order chi connectivity index (χ0) is 17.4. The van der Waals surface area contributed by atoms with Crippen LogP contribution in [0.25, 0.3) is 11.5 Å². The van der Waals surface area contributed by atoms with Gasteiger partial charge in [-0.3, -0.25) is 9.59 Å². The van der Waals surface area contributed by atoms with Gasteiger partial charge in [0.2, 0.25) is 11.4 Å². The van der Waals surface area contributed by atoms with Crippen LogP contribution < -0.4 is 5.56 Å². The molecule has 0 atom stereocenters. The van der Waals surface area contributed by atoms with Crippen molar-refractivity contribution < 1.29 is 9.21 Å². The van der Waals surface area contributed by atoms with Crippen LogP contribution in [-0.4, -0.2) is 27.3 Å².